The fourth-order valence-electron chi connectivity index (χ4n) is 7.91. The molecule has 3 aromatic rings. The van der Waals surface area contributed by atoms with Gasteiger partial charge in [0.25, 0.3) is 5.91 Å². The van der Waals surface area contributed by atoms with Crippen molar-refractivity contribution in [3.8, 4) is 0 Å². The highest BCUT2D eigenvalue weighted by Crippen LogP contribution is 2.57. The number of nitrogens with zero attached hydrogens (tertiary/aromatic N) is 2. The van der Waals surface area contributed by atoms with Crippen LogP contribution in [0.25, 0.3) is 0 Å². The molecule has 4 aliphatic heterocycles. The van der Waals surface area contributed by atoms with Crippen molar-refractivity contribution < 1.29 is 33.8 Å². The maximum absolute atomic E-state index is 15.3. The van der Waals surface area contributed by atoms with Crippen LogP contribution in [0.15, 0.2) is 103 Å². The van der Waals surface area contributed by atoms with E-state index in [4.69, 9.17) is 9.47 Å². The van der Waals surface area contributed by atoms with Crippen LogP contribution in [0.3, 0.4) is 0 Å². The first kappa shape index (κ1) is 33.4. The molecule has 2 saturated heterocycles. The number of aryl methyl sites for hydroxylation is 2. The number of carbonyl (C=O) groups excluding carboxylic acids is 4. The van der Waals surface area contributed by atoms with Gasteiger partial charge in [0.1, 0.15) is 23.7 Å². The molecule has 10 heteroatoms. The Hall–Kier alpha value is -5.06. The van der Waals surface area contributed by atoms with Gasteiger partial charge in [0.05, 0.1) is 31.2 Å². The van der Waals surface area contributed by atoms with E-state index in [9.17, 15) is 19.5 Å². The number of aliphatic hydroxyl groups is 1. The predicted molar refractivity (Wildman–Crippen MR) is 186 cm³/mol. The standard InChI is InChI=1S/C40H41N3O7/c1-25-17-18-26(2)29(22-25)42-21-11-5-10-16-33(45)41-23-32(28-14-8-4-9-15-28)49-39(48)34-31-19-20-40(50-31)35(34)37(46)43(36(40)38(42)47)30(24-44)27-12-6-3-7-13-27/h3-9,11-15,17-20,22,30-32,34-36,44H,10,16,21,23-24H2,1-2H3,(H,41,45)/b11-5-/t30-,31-,32-,34+,35+,36-,40+/m1/s1. The highest BCUT2D eigenvalue weighted by molar-refractivity contribution is 6.06. The number of aliphatic hydroxyl groups excluding tert-OH is 1. The molecule has 4 aliphatic rings. The van der Waals surface area contributed by atoms with E-state index in [1.165, 1.54) is 4.90 Å². The number of anilines is 1. The summed E-state index contributed by atoms with van der Waals surface area (Å²) in [5, 5.41) is 13.8. The molecule has 0 unspecified atom stereocenters. The third-order valence-electron chi connectivity index (χ3n) is 10.3. The molecule has 7 atom stereocenters. The first-order chi connectivity index (χ1) is 24.2. The summed E-state index contributed by atoms with van der Waals surface area (Å²) < 4.78 is 12.8. The number of cyclic esters (lactones) is 1. The van der Waals surface area contributed by atoms with Gasteiger partial charge in [0.15, 0.2) is 0 Å². The van der Waals surface area contributed by atoms with E-state index in [-0.39, 0.29) is 25.4 Å². The van der Waals surface area contributed by atoms with E-state index in [0.717, 1.165) is 11.1 Å². The zero-order valence-corrected chi connectivity index (χ0v) is 28.1. The summed E-state index contributed by atoms with van der Waals surface area (Å²) in [5.41, 5.74) is 2.32. The minimum absolute atomic E-state index is 0.0460. The van der Waals surface area contributed by atoms with Gasteiger partial charge < -0.3 is 29.7 Å². The Kier molecular flexibility index (Phi) is 9.15. The summed E-state index contributed by atoms with van der Waals surface area (Å²) in [4.78, 5) is 60.4. The summed E-state index contributed by atoms with van der Waals surface area (Å²) in [6, 6.07) is 22.0. The number of esters is 1. The number of amides is 3. The Morgan fingerprint density at radius 3 is 2.42 bits per heavy atom. The van der Waals surface area contributed by atoms with Crippen LogP contribution in [0, 0.1) is 25.7 Å². The van der Waals surface area contributed by atoms with Gasteiger partial charge in [-0.3, -0.25) is 19.2 Å². The second-order valence-corrected chi connectivity index (χ2v) is 13.4. The molecular weight excluding hydrogens is 634 g/mol. The monoisotopic (exact) mass is 675 g/mol. The van der Waals surface area contributed by atoms with Crippen molar-refractivity contribution in [3.05, 3.63) is 125 Å². The predicted octanol–water partition coefficient (Wildman–Crippen LogP) is 4.27. The van der Waals surface area contributed by atoms with Crippen LogP contribution in [0.5, 0.6) is 0 Å². The molecule has 0 aliphatic carbocycles. The highest BCUT2D eigenvalue weighted by atomic mass is 16.6. The van der Waals surface area contributed by atoms with Crippen molar-refractivity contribution >= 4 is 29.4 Å². The Bertz CT molecular complexity index is 1840. The van der Waals surface area contributed by atoms with E-state index in [1.807, 2.05) is 105 Å². The zero-order valence-electron chi connectivity index (χ0n) is 28.1. The van der Waals surface area contributed by atoms with Crippen LogP contribution in [-0.2, 0) is 28.7 Å². The van der Waals surface area contributed by atoms with Crippen molar-refractivity contribution in [1.82, 2.24) is 10.2 Å². The Balaban J connectivity index is 1.37. The van der Waals surface area contributed by atoms with Crippen LogP contribution in [0.4, 0.5) is 5.69 Å². The largest absolute Gasteiger partial charge is 0.455 e. The number of allylic oxidation sites excluding steroid dienone is 1. The number of hydrogen-bond donors (Lipinski definition) is 2. The molecule has 0 radical (unpaired) electrons. The van der Waals surface area contributed by atoms with Gasteiger partial charge in [-0.2, -0.15) is 0 Å². The third-order valence-corrected chi connectivity index (χ3v) is 10.3. The SMILES string of the molecule is Cc1ccc(C)c(N2C/C=C\CCC(=O)NC[C@H](c3ccccc3)OC(=O)[C@@H]3[C@H]4C(=O)N([C@H](CO)c5ccccc5)[C@H](C2=O)[C@]42C=C[C@H]3O2)c1. The quantitative estimate of drug-likeness (QED) is 0.306. The number of benzene rings is 3. The van der Waals surface area contributed by atoms with Gasteiger partial charge in [-0.15, -0.1) is 0 Å². The molecule has 5 bridgehead atoms. The second kappa shape index (κ2) is 13.7. The highest BCUT2D eigenvalue weighted by Gasteiger charge is 2.74. The summed E-state index contributed by atoms with van der Waals surface area (Å²) in [6.07, 6.45) is 6.22. The average molecular weight is 676 g/mol. The average Bonchev–Trinajstić information content (AvgIpc) is 3.77. The van der Waals surface area contributed by atoms with Crippen LogP contribution < -0.4 is 10.2 Å². The lowest BCUT2D eigenvalue weighted by Gasteiger charge is -2.39. The molecule has 3 amide bonds. The van der Waals surface area contributed by atoms with E-state index in [2.05, 4.69) is 5.32 Å². The molecule has 1 spiro atoms. The molecule has 2 N–H and O–H groups in total. The molecule has 50 heavy (non-hydrogen) atoms. The van der Waals surface area contributed by atoms with Crippen molar-refractivity contribution in [1.29, 1.82) is 0 Å². The van der Waals surface area contributed by atoms with E-state index in [1.54, 1.807) is 17.1 Å². The van der Waals surface area contributed by atoms with Crippen LogP contribution in [-0.4, -0.2) is 71.1 Å². The molecule has 7 rings (SSSR count). The van der Waals surface area contributed by atoms with E-state index < -0.39 is 66.1 Å². The molecular formula is C40H41N3O7. The summed E-state index contributed by atoms with van der Waals surface area (Å²) in [5.74, 6) is -3.89. The van der Waals surface area contributed by atoms with Gasteiger partial charge in [-0.1, -0.05) is 97.1 Å². The maximum Gasteiger partial charge on any atom is 0.313 e. The zero-order chi connectivity index (χ0) is 35.0. The van der Waals surface area contributed by atoms with Crippen LogP contribution in [0.1, 0.15) is 47.2 Å². The van der Waals surface area contributed by atoms with Crippen molar-refractivity contribution in [2.24, 2.45) is 11.8 Å². The lowest BCUT2D eigenvalue weighted by Crippen LogP contribution is -2.57. The summed E-state index contributed by atoms with van der Waals surface area (Å²) in [6.45, 7) is 3.62. The normalized spacial score (nSPS) is 29.5. The first-order valence-corrected chi connectivity index (χ1v) is 17.1. The number of rotatable bonds is 5. The van der Waals surface area contributed by atoms with Gasteiger partial charge >= 0.3 is 5.97 Å². The Morgan fingerprint density at radius 2 is 1.68 bits per heavy atom. The Morgan fingerprint density at radius 1 is 0.940 bits per heavy atom. The number of fused-ring (bicyclic) bond motifs is 2. The molecule has 0 aromatic heterocycles. The molecule has 10 nitrogen and oxygen atoms in total. The van der Waals surface area contributed by atoms with Gasteiger partial charge in [0, 0.05) is 18.7 Å². The van der Waals surface area contributed by atoms with Crippen molar-refractivity contribution in [3.63, 3.8) is 0 Å². The second-order valence-electron chi connectivity index (χ2n) is 13.4. The lowest BCUT2D eigenvalue weighted by atomic mass is 9.74. The number of hydrogen-bond acceptors (Lipinski definition) is 7. The molecule has 0 saturated carbocycles. The molecule has 258 valence electrons. The van der Waals surface area contributed by atoms with Gasteiger partial charge in [-0.25, -0.2) is 0 Å². The summed E-state index contributed by atoms with van der Waals surface area (Å²) >= 11 is 0. The van der Waals surface area contributed by atoms with Crippen molar-refractivity contribution in [2.75, 3.05) is 24.6 Å². The topological polar surface area (TPSA) is 125 Å². The summed E-state index contributed by atoms with van der Waals surface area (Å²) in [7, 11) is 0. The minimum Gasteiger partial charge on any atom is -0.455 e. The maximum atomic E-state index is 15.3. The van der Waals surface area contributed by atoms with E-state index in [0.29, 0.717) is 23.2 Å². The van der Waals surface area contributed by atoms with E-state index >= 15 is 4.79 Å². The lowest BCUT2D eigenvalue weighted by molar-refractivity contribution is -0.160. The first-order valence-electron chi connectivity index (χ1n) is 17.1. The minimum atomic E-state index is -1.49. The fourth-order valence-corrected chi connectivity index (χ4v) is 7.91. The van der Waals surface area contributed by atoms with Gasteiger partial charge in [0.2, 0.25) is 11.8 Å². The Labute approximate surface area is 291 Å². The van der Waals surface area contributed by atoms with Gasteiger partial charge in [-0.05, 0) is 48.6 Å². The number of ether oxygens (including phenoxy) is 2. The fraction of sp³-hybridized carbons (Fsp3) is 0.350. The number of carbonyl (C=O) groups is 4. The molecule has 4 heterocycles. The third kappa shape index (κ3) is 5.82. The van der Waals surface area contributed by atoms with Crippen LogP contribution >= 0.6 is 0 Å². The number of nitrogens with one attached hydrogen (secondary N) is 1. The number of likely N-dealkylation sites (tertiary alicyclic amines) is 1. The molecule has 3 aromatic carbocycles. The van der Waals surface area contributed by atoms with Crippen molar-refractivity contribution in [2.45, 2.75) is 56.6 Å². The molecule has 2 fully saturated rings. The smallest absolute Gasteiger partial charge is 0.313 e. The van der Waals surface area contributed by atoms with Crippen LogP contribution in [0.2, 0.25) is 0 Å².